The van der Waals surface area contributed by atoms with Crippen LogP contribution in [0, 0.1) is 10.1 Å². The lowest BCUT2D eigenvalue weighted by atomic mass is 9.85. The Labute approximate surface area is 215 Å². The first-order valence-corrected chi connectivity index (χ1v) is 11.9. The van der Waals surface area contributed by atoms with Crippen LogP contribution in [0.15, 0.2) is 78.4 Å². The highest BCUT2D eigenvalue weighted by atomic mass is 16.6. The first-order chi connectivity index (χ1) is 17.5. The van der Waals surface area contributed by atoms with E-state index in [-0.39, 0.29) is 22.2 Å². The molecule has 1 unspecified atom stereocenters. The number of Topliss-reactive ketones (excluding diaryl/α,β-unsaturated/α-hetero) is 1. The van der Waals surface area contributed by atoms with Crippen molar-refractivity contribution in [3.63, 3.8) is 0 Å². The van der Waals surface area contributed by atoms with Gasteiger partial charge in [-0.05, 0) is 59.9 Å². The van der Waals surface area contributed by atoms with Crippen LogP contribution >= 0.6 is 0 Å². The Hall–Kier alpha value is -4.46. The van der Waals surface area contributed by atoms with Gasteiger partial charge in [0.25, 0.3) is 17.4 Å². The molecule has 8 nitrogen and oxygen atoms in total. The van der Waals surface area contributed by atoms with Crippen LogP contribution in [-0.2, 0) is 15.0 Å². The minimum Gasteiger partial charge on any atom is -0.507 e. The summed E-state index contributed by atoms with van der Waals surface area (Å²) >= 11 is 0. The van der Waals surface area contributed by atoms with Crippen LogP contribution in [-0.4, -0.2) is 28.3 Å². The number of ketones is 1. The van der Waals surface area contributed by atoms with Gasteiger partial charge >= 0.3 is 0 Å². The molecule has 0 saturated carbocycles. The molecule has 1 fully saturated rings. The molecule has 1 atom stereocenters. The lowest BCUT2D eigenvalue weighted by Gasteiger charge is -2.26. The van der Waals surface area contributed by atoms with Crippen molar-refractivity contribution < 1.29 is 24.4 Å². The van der Waals surface area contributed by atoms with E-state index < -0.39 is 28.4 Å². The number of hydrogen-bond donors (Lipinski definition) is 1. The molecule has 8 heteroatoms. The third kappa shape index (κ3) is 4.95. The highest BCUT2D eigenvalue weighted by Gasteiger charge is 2.47. The molecule has 3 aromatic carbocycles. The number of anilines is 1. The number of carbonyl (C=O) groups is 2. The van der Waals surface area contributed by atoms with E-state index in [9.17, 15) is 24.8 Å². The lowest BCUT2D eigenvalue weighted by Crippen LogP contribution is -2.29. The maximum absolute atomic E-state index is 13.3. The number of nitro benzene ring substituents is 1. The normalized spacial score (nSPS) is 17.2. The Kier molecular flexibility index (Phi) is 6.85. The zero-order chi connectivity index (χ0) is 26.9. The predicted molar refractivity (Wildman–Crippen MR) is 141 cm³/mol. The van der Waals surface area contributed by atoms with Crippen LogP contribution in [0.1, 0.15) is 50.4 Å². The van der Waals surface area contributed by atoms with Gasteiger partial charge in [-0.25, -0.2) is 0 Å². The molecule has 1 aliphatic rings. The Morgan fingerprint density at radius 3 is 2.08 bits per heavy atom. The van der Waals surface area contributed by atoms with Crippen molar-refractivity contribution in [2.45, 2.75) is 39.2 Å². The molecule has 1 aliphatic heterocycles. The molecule has 1 saturated heterocycles. The average molecular weight is 501 g/mol. The monoisotopic (exact) mass is 500 g/mol. The molecule has 0 aliphatic carbocycles. The minimum atomic E-state index is -0.901. The molecular formula is C29H28N2O6. The number of aliphatic hydroxyl groups excluding tert-OH is 1. The summed E-state index contributed by atoms with van der Waals surface area (Å²) in [6.45, 7) is 8.61. The molecule has 0 spiro atoms. The van der Waals surface area contributed by atoms with E-state index in [4.69, 9.17) is 4.74 Å². The maximum Gasteiger partial charge on any atom is 0.300 e. The van der Waals surface area contributed by atoms with Crippen LogP contribution in [0.2, 0.25) is 0 Å². The fraction of sp³-hybridized carbons (Fsp3) is 0.241. The van der Waals surface area contributed by atoms with Gasteiger partial charge in [0.2, 0.25) is 0 Å². The van der Waals surface area contributed by atoms with Gasteiger partial charge in [-0.3, -0.25) is 24.6 Å². The number of carbonyl (C=O) groups excluding carboxylic acids is 2. The van der Waals surface area contributed by atoms with Gasteiger partial charge in [-0.2, -0.15) is 0 Å². The first kappa shape index (κ1) is 25.6. The van der Waals surface area contributed by atoms with E-state index in [0.29, 0.717) is 23.6 Å². The quantitative estimate of drug-likeness (QED) is 0.148. The van der Waals surface area contributed by atoms with Gasteiger partial charge in [0, 0.05) is 23.4 Å². The second kappa shape index (κ2) is 9.89. The van der Waals surface area contributed by atoms with Crippen molar-refractivity contribution >= 4 is 28.8 Å². The summed E-state index contributed by atoms with van der Waals surface area (Å²) < 4.78 is 5.50. The highest BCUT2D eigenvalue weighted by Crippen LogP contribution is 2.43. The summed E-state index contributed by atoms with van der Waals surface area (Å²) in [7, 11) is 0. The number of nitro groups is 1. The molecule has 0 bridgehead atoms. The highest BCUT2D eigenvalue weighted by molar-refractivity contribution is 6.51. The fourth-order valence-electron chi connectivity index (χ4n) is 4.35. The second-order valence-corrected chi connectivity index (χ2v) is 9.77. The van der Waals surface area contributed by atoms with E-state index >= 15 is 0 Å². The standard InChI is InChI=1S/C29H28N2O6/c1-5-37-23-16-14-21(15-17-23)30-25(18-6-10-20(11-7-18)29(2,3)4)24(27(33)28(30)34)26(32)19-8-12-22(13-9-19)31(35)36/h6-17,25,32H,5H2,1-4H3/b26-24-. The van der Waals surface area contributed by atoms with Crippen molar-refractivity contribution in [3.8, 4) is 5.75 Å². The van der Waals surface area contributed by atoms with E-state index in [1.165, 1.54) is 29.2 Å². The van der Waals surface area contributed by atoms with Gasteiger partial charge in [-0.1, -0.05) is 45.0 Å². The molecule has 3 aromatic rings. The minimum absolute atomic E-state index is 0.0868. The van der Waals surface area contributed by atoms with Gasteiger partial charge < -0.3 is 9.84 Å². The molecular weight excluding hydrogens is 472 g/mol. The first-order valence-electron chi connectivity index (χ1n) is 11.9. The maximum atomic E-state index is 13.3. The number of nitrogens with zero attached hydrogens (tertiary/aromatic N) is 2. The van der Waals surface area contributed by atoms with E-state index in [1.54, 1.807) is 24.3 Å². The smallest absolute Gasteiger partial charge is 0.300 e. The Morgan fingerprint density at radius 2 is 1.57 bits per heavy atom. The summed E-state index contributed by atoms with van der Waals surface area (Å²) in [4.78, 5) is 38.5. The van der Waals surface area contributed by atoms with Gasteiger partial charge in [0.1, 0.15) is 11.5 Å². The molecule has 37 heavy (non-hydrogen) atoms. The van der Waals surface area contributed by atoms with Gasteiger partial charge in [0.15, 0.2) is 0 Å². The molecule has 0 radical (unpaired) electrons. The number of hydrogen-bond acceptors (Lipinski definition) is 6. The fourth-order valence-corrected chi connectivity index (χ4v) is 4.35. The Balaban J connectivity index is 1.87. The third-order valence-corrected chi connectivity index (χ3v) is 6.31. The van der Waals surface area contributed by atoms with Crippen molar-refractivity contribution in [1.82, 2.24) is 0 Å². The zero-order valence-electron chi connectivity index (χ0n) is 21.1. The summed E-state index contributed by atoms with van der Waals surface area (Å²) in [6.07, 6.45) is 0. The Bertz CT molecular complexity index is 1370. The van der Waals surface area contributed by atoms with Crippen molar-refractivity contribution in [3.05, 3.63) is 105 Å². The van der Waals surface area contributed by atoms with Crippen LogP contribution in [0.5, 0.6) is 5.75 Å². The lowest BCUT2D eigenvalue weighted by molar-refractivity contribution is -0.384. The molecule has 1 heterocycles. The van der Waals surface area contributed by atoms with Crippen LogP contribution in [0.25, 0.3) is 5.76 Å². The number of amides is 1. The van der Waals surface area contributed by atoms with Crippen LogP contribution < -0.4 is 9.64 Å². The van der Waals surface area contributed by atoms with E-state index in [1.807, 2.05) is 31.2 Å². The SMILES string of the molecule is CCOc1ccc(N2C(=O)C(=O)/C(=C(\O)c3ccc([N+](=O)[O-])cc3)C2c2ccc(C(C)(C)C)cc2)cc1. The number of aliphatic hydroxyl groups is 1. The number of benzene rings is 3. The van der Waals surface area contributed by atoms with Crippen molar-refractivity contribution in [1.29, 1.82) is 0 Å². The summed E-state index contributed by atoms with van der Waals surface area (Å²) in [5.74, 6) is -1.39. The largest absolute Gasteiger partial charge is 0.507 e. The second-order valence-electron chi connectivity index (χ2n) is 9.77. The summed E-state index contributed by atoms with van der Waals surface area (Å²) in [5.41, 5.74) is 2.05. The van der Waals surface area contributed by atoms with Crippen LogP contribution in [0.4, 0.5) is 11.4 Å². The zero-order valence-corrected chi connectivity index (χ0v) is 21.1. The molecule has 1 amide bonds. The molecule has 4 rings (SSSR count). The summed E-state index contributed by atoms with van der Waals surface area (Å²) in [5, 5.41) is 22.3. The van der Waals surface area contributed by atoms with Crippen LogP contribution in [0.3, 0.4) is 0 Å². The average Bonchev–Trinajstić information content (AvgIpc) is 3.14. The van der Waals surface area contributed by atoms with Gasteiger partial charge in [0.05, 0.1) is 23.1 Å². The summed E-state index contributed by atoms with van der Waals surface area (Å²) in [6, 6.07) is 18.7. The molecule has 0 aromatic heterocycles. The van der Waals surface area contributed by atoms with Gasteiger partial charge in [-0.15, -0.1) is 0 Å². The van der Waals surface area contributed by atoms with Crippen molar-refractivity contribution in [2.75, 3.05) is 11.5 Å². The molecule has 190 valence electrons. The number of rotatable bonds is 6. The number of non-ortho nitro benzene ring substituents is 1. The topological polar surface area (TPSA) is 110 Å². The number of ether oxygens (including phenoxy) is 1. The van der Waals surface area contributed by atoms with E-state index in [2.05, 4.69) is 20.8 Å². The molecule has 1 N–H and O–H groups in total. The Morgan fingerprint density at radius 1 is 0.973 bits per heavy atom. The predicted octanol–water partition coefficient (Wildman–Crippen LogP) is 5.92. The van der Waals surface area contributed by atoms with Crippen molar-refractivity contribution in [2.24, 2.45) is 0 Å². The van der Waals surface area contributed by atoms with E-state index in [0.717, 1.165) is 5.56 Å². The third-order valence-electron chi connectivity index (χ3n) is 6.31.